The number of anilines is 1. The summed E-state index contributed by atoms with van der Waals surface area (Å²) in [6, 6.07) is 8.08. The molecule has 0 aromatic heterocycles. The summed E-state index contributed by atoms with van der Waals surface area (Å²) in [5, 5.41) is 14.1. The lowest BCUT2D eigenvalue weighted by atomic mass is 10.1. The minimum absolute atomic E-state index is 0.0361. The maximum atomic E-state index is 12.9. The molecule has 0 bridgehead atoms. The fourth-order valence-corrected chi connectivity index (χ4v) is 3.53. The van der Waals surface area contributed by atoms with Gasteiger partial charge in [-0.15, -0.1) is 0 Å². The Bertz CT molecular complexity index is 1010. The summed E-state index contributed by atoms with van der Waals surface area (Å²) < 4.78 is 67.3. The van der Waals surface area contributed by atoms with Gasteiger partial charge in [-0.25, -0.2) is 4.79 Å². The predicted molar refractivity (Wildman–Crippen MR) is 112 cm³/mol. The van der Waals surface area contributed by atoms with Crippen LogP contribution < -0.4 is 15.0 Å². The molecule has 8 nitrogen and oxygen atoms in total. The van der Waals surface area contributed by atoms with E-state index in [1.807, 2.05) is 0 Å². The van der Waals surface area contributed by atoms with E-state index in [1.54, 1.807) is 17.0 Å². The molecule has 0 radical (unpaired) electrons. The quantitative estimate of drug-likeness (QED) is 0.357. The third-order valence-electron chi connectivity index (χ3n) is 5.25. The van der Waals surface area contributed by atoms with E-state index in [-0.39, 0.29) is 43.6 Å². The second-order valence-corrected chi connectivity index (χ2v) is 7.44. The first kappa shape index (κ1) is 25.0. The van der Waals surface area contributed by atoms with E-state index < -0.39 is 29.0 Å². The number of carbonyl (C=O) groups excluding carboxylic acids is 1. The highest BCUT2D eigenvalue weighted by molar-refractivity contribution is 5.75. The largest absolute Gasteiger partial charge is 0.435 e. The molecule has 2 aromatic carbocycles. The highest BCUT2D eigenvalue weighted by Gasteiger charge is 2.34. The number of halogens is 5. The number of amides is 2. The Morgan fingerprint density at radius 2 is 1.74 bits per heavy atom. The molecule has 0 saturated carbocycles. The zero-order valence-corrected chi connectivity index (χ0v) is 17.7. The van der Waals surface area contributed by atoms with E-state index >= 15 is 0 Å². The number of carbonyl (C=O) groups is 1. The van der Waals surface area contributed by atoms with Gasteiger partial charge in [-0.1, -0.05) is 12.1 Å². The second kappa shape index (κ2) is 10.5. The van der Waals surface area contributed by atoms with Crippen LogP contribution in [0.15, 0.2) is 42.5 Å². The van der Waals surface area contributed by atoms with E-state index in [4.69, 9.17) is 0 Å². The maximum Gasteiger partial charge on any atom is 0.416 e. The van der Waals surface area contributed by atoms with Crippen molar-refractivity contribution in [3.63, 3.8) is 0 Å². The van der Waals surface area contributed by atoms with E-state index in [1.165, 1.54) is 17.0 Å². The molecule has 184 valence electrons. The van der Waals surface area contributed by atoms with Crippen molar-refractivity contribution in [1.82, 2.24) is 10.2 Å². The van der Waals surface area contributed by atoms with Gasteiger partial charge in [-0.2, -0.15) is 22.0 Å². The van der Waals surface area contributed by atoms with Gasteiger partial charge in [0, 0.05) is 38.8 Å². The van der Waals surface area contributed by atoms with Crippen molar-refractivity contribution in [2.75, 3.05) is 37.6 Å². The fraction of sp³-hybridized carbons (Fsp3) is 0.381. The number of piperazine rings is 1. The zero-order valence-electron chi connectivity index (χ0n) is 17.7. The number of urea groups is 1. The van der Waals surface area contributed by atoms with Crippen LogP contribution in [-0.2, 0) is 12.6 Å². The Hall–Kier alpha value is -3.64. The molecule has 1 heterocycles. The SMILES string of the molecule is O=C(NCCc1ccc(OC(F)F)cc1)N1CCN(c2ccc(C(F)(F)F)cc2[N+](=O)[O-])CC1. The van der Waals surface area contributed by atoms with Crippen LogP contribution in [0.4, 0.5) is 38.1 Å². The number of nitrogens with one attached hydrogen (secondary N) is 1. The molecule has 2 amide bonds. The standard InChI is InChI=1S/C21H21F5N4O4/c22-19(23)34-16-4-1-14(2-5-16)7-8-27-20(31)29-11-9-28(10-12-29)17-6-3-15(21(24,25)26)13-18(17)30(32)33/h1-6,13,19H,7-12H2,(H,27,31). The number of nitrogens with zero attached hydrogens (tertiary/aromatic N) is 3. The second-order valence-electron chi connectivity index (χ2n) is 7.44. The minimum Gasteiger partial charge on any atom is -0.435 e. The molecule has 3 rings (SSSR count). The molecule has 13 heteroatoms. The van der Waals surface area contributed by atoms with Gasteiger partial charge in [0.15, 0.2) is 0 Å². The first-order chi connectivity index (χ1) is 16.0. The van der Waals surface area contributed by atoms with E-state index in [0.717, 1.165) is 17.7 Å². The Kier molecular flexibility index (Phi) is 7.74. The molecular weight excluding hydrogens is 467 g/mol. The van der Waals surface area contributed by atoms with Gasteiger partial charge in [0.25, 0.3) is 5.69 Å². The Labute approximate surface area is 191 Å². The van der Waals surface area contributed by atoms with Crippen LogP contribution in [-0.4, -0.2) is 55.2 Å². The number of hydrogen-bond acceptors (Lipinski definition) is 5. The number of benzene rings is 2. The van der Waals surface area contributed by atoms with Gasteiger partial charge >= 0.3 is 18.8 Å². The predicted octanol–water partition coefficient (Wildman–Crippen LogP) is 4.29. The summed E-state index contributed by atoms with van der Waals surface area (Å²) >= 11 is 0. The molecule has 1 fully saturated rings. The van der Waals surface area contributed by atoms with Gasteiger partial charge in [-0.05, 0) is 36.2 Å². The van der Waals surface area contributed by atoms with Crippen molar-refractivity contribution in [3.8, 4) is 5.75 Å². The van der Waals surface area contributed by atoms with Crippen molar-refractivity contribution < 1.29 is 36.4 Å². The number of hydrogen-bond donors (Lipinski definition) is 1. The molecule has 1 aliphatic rings. The Balaban J connectivity index is 1.51. The summed E-state index contributed by atoms with van der Waals surface area (Å²) in [5.74, 6) is 0.0361. The van der Waals surface area contributed by atoms with Crippen LogP contribution in [0, 0.1) is 10.1 Å². The lowest BCUT2D eigenvalue weighted by molar-refractivity contribution is -0.384. The lowest BCUT2D eigenvalue weighted by Crippen LogP contribution is -2.52. The third kappa shape index (κ3) is 6.45. The highest BCUT2D eigenvalue weighted by atomic mass is 19.4. The van der Waals surface area contributed by atoms with Crippen LogP contribution in [0.2, 0.25) is 0 Å². The number of alkyl halides is 5. The first-order valence-corrected chi connectivity index (χ1v) is 10.2. The number of ether oxygens (including phenoxy) is 1. The molecule has 34 heavy (non-hydrogen) atoms. The van der Waals surface area contributed by atoms with Gasteiger partial charge in [-0.3, -0.25) is 10.1 Å². The van der Waals surface area contributed by atoms with E-state index in [0.29, 0.717) is 19.0 Å². The molecule has 1 aliphatic heterocycles. The van der Waals surface area contributed by atoms with Crippen molar-refractivity contribution in [2.24, 2.45) is 0 Å². The van der Waals surface area contributed by atoms with Gasteiger partial charge in [0.1, 0.15) is 11.4 Å². The zero-order chi connectivity index (χ0) is 24.9. The summed E-state index contributed by atoms with van der Waals surface area (Å²) in [6.07, 6.45) is -4.24. The highest BCUT2D eigenvalue weighted by Crippen LogP contribution is 2.36. The molecule has 0 unspecified atom stereocenters. The normalized spacial score (nSPS) is 14.3. The average molecular weight is 488 g/mol. The van der Waals surface area contributed by atoms with Crippen molar-refractivity contribution in [1.29, 1.82) is 0 Å². The average Bonchev–Trinajstić information content (AvgIpc) is 2.79. The van der Waals surface area contributed by atoms with Crippen LogP contribution in [0.5, 0.6) is 5.75 Å². The monoisotopic (exact) mass is 488 g/mol. The van der Waals surface area contributed by atoms with E-state index in [2.05, 4.69) is 10.1 Å². The van der Waals surface area contributed by atoms with Crippen LogP contribution >= 0.6 is 0 Å². The summed E-state index contributed by atoms with van der Waals surface area (Å²) in [6.45, 7) is -1.74. The van der Waals surface area contributed by atoms with Crippen LogP contribution in [0.3, 0.4) is 0 Å². The minimum atomic E-state index is -4.69. The summed E-state index contributed by atoms with van der Waals surface area (Å²) in [4.78, 5) is 25.9. The first-order valence-electron chi connectivity index (χ1n) is 10.2. The van der Waals surface area contributed by atoms with Crippen molar-refractivity contribution in [2.45, 2.75) is 19.2 Å². The Morgan fingerprint density at radius 1 is 1.09 bits per heavy atom. The molecule has 2 aromatic rings. The Morgan fingerprint density at radius 3 is 2.29 bits per heavy atom. The summed E-state index contributed by atoms with van der Waals surface area (Å²) in [5.41, 5.74) is -0.867. The van der Waals surface area contributed by atoms with Crippen LogP contribution in [0.25, 0.3) is 0 Å². The maximum absolute atomic E-state index is 12.9. The molecule has 1 N–H and O–H groups in total. The molecular formula is C21H21F5N4O4. The lowest BCUT2D eigenvalue weighted by Gasteiger charge is -2.35. The van der Waals surface area contributed by atoms with Crippen molar-refractivity contribution in [3.05, 3.63) is 63.7 Å². The summed E-state index contributed by atoms with van der Waals surface area (Å²) in [7, 11) is 0. The smallest absolute Gasteiger partial charge is 0.416 e. The van der Waals surface area contributed by atoms with Gasteiger partial charge in [0.2, 0.25) is 0 Å². The van der Waals surface area contributed by atoms with Crippen molar-refractivity contribution >= 4 is 17.4 Å². The van der Waals surface area contributed by atoms with Gasteiger partial charge in [0.05, 0.1) is 10.5 Å². The van der Waals surface area contributed by atoms with Crippen LogP contribution in [0.1, 0.15) is 11.1 Å². The van der Waals surface area contributed by atoms with Gasteiger partial charge < -0.3 is 19.9 Å². The number of nitro benzene ring substituents is 1. The molecule has 0 spiro atoms. The topological polar surface area (TPSA) is 88.0 Å². The molecule has 1 saturated heterocycles. The third-order valence-corrected chi connectivity index (χ3v) is 5.25. The van der Waals surface area contributed by atoms with E-state index in [9.17, 15) is 36.9 Å². The fourth-order valence-electron chi connectivity index (χ4n) is 3.53. The molecule has 0 aliphatic carbocycles. The number of rotatable bonds is 7. The number of nitro groups is 1. The molecule has 0 atom stereocenters.